The molecule has 1 aromatic rings. The highest BCUT2D eigenvalue weighted by atomic mass is 127. The Kier molecular flexibility index (Phi) is 6.86. The Hall–Kier alpha value is -2.55. The largest absolute Gasteiger partial charge is 0.505 e. The second-order valence-corrected chi connectivity index (χ2v) is 8.64. The minimum absolute atomic E-state index is 0.248. The summed E-state index contributed by atoms with van der Waals surface area (Å²) in [6.45, 7) is 0. The standard InChI is InChI=1S/C17H13F3INO7S/c1-28-15(24)10-5-3-4-6-22(13(10)16(25)29-2)12-8-9(7-11(21)14(12)23)30(26,27)17(18,19)20/h3-8,23H,1-2H3. The second kappa shape index (κ2) is 8.67. The number of benzene rings is 1. The Balaban J connectivity index is 2.87. The van der Waals surface area contributed by atoms with Gasteiger partial charge in [-0.2, -0.15) is 13.2 Å². The lowest BCUT2D eigenvalue weighted by Gasteiger charge is -2.25. The number of hydrogen-bond donors (Lipinski definition) is 1. The number of phenols is 1. The van der Waals surface area contributed by atoms with Crippen molar-refractivity contribution >= 4 is 50.1 Å². The van der Waals surface area contributed by atoms with Gasteiger partial charge in [0.1, 0.15) is 5.70 Å². The van der Waals surface area contributed by atoms with Crippen LogP contribution in [-0.4, -0.2) is 45.2 Å². The van der Waals surface area contributed by atoms with Gasteiger partial charge in [-0.25, -0.2) is 18.0 Å². The molecule has 0 amide bonds. The van der Waals surface area contributed by atoms with E-state index in [4.69, 9.17) is 0 Å². The van der Waals surface area contributed by atoms with E-state index in [9.17, 15) is 36.3 Å². The summed E-state index contributed by atoms with van der Waals surface area (Å²) in [4.78, 5) is 24.2. The topological polar surface area (TPSA) is 110 Å². The summed E-state index contributed by atoms with van der Waals surface area (Å²) < 4.78 is 71.8. The van der Waals surface area contributed by atoms with Crippen molar-refractivity contribution in [3.05, 3.63) is 51.4 Å². The molecule has 0 radical (unpaired) electrons. The third-order valence-corrected chi connectivity index (χ3v) is 6.07. The van der Waals surface area contributed by atoms with Crippen LogP contribution in [0.3, 0.4) is 0 Å². The molecule has 1 aromatic carbocycles. The molecule has 0 unspecified atom stereocenters. The zero-order valence-corrected chi connectivity index (χ0v) is 18.2. The zero-order chi connectivity index (χ0) is 22.9. The number of rotatable bonds is 4. The normalized spacial score (nSPS) is 14.5. The first-order valence-electron chi connectivity index (χ1n) is 7.75. The molecule has 1 aliphatic heterocycles. The number of allylic oxidation sites excluding steroid dienone is 2. The zero-order valence-electron chi connectivity index (χ0n) is 15.2. The number of carbonyl (C=O) groups is 2. The van der Waals surface area contributed by atoms with E-state index in [-0.39, 0.29) is 9.14 Å². The highest BCUT2D eigenvalue weighted by molar-refractivity contribution is 14.1. The van der Waals surface area contributed by atoms with Crippen LogP contribution in [0.4, 0.5) is 18.9 Å². The van der Waals surface area contributed by atoms with Gasteiger partial charge in [0.15, 0.2) is 5.75 Å². The number of methoxy groups -OCH3 is 2. The molecule has 1 aliphatic rings. The maximum Gasteiger partial charge on any atom is 0.501 e. The Morgan fingerprint density at radius 3 is 2.23 bits per heavy atom. The van der Waals surface area contributed by atoms with E-state index in [1.54, 1.807) is 0 Å². The lowest BCUT2D eigenvalue weighted by atomic mass is 10.1. The first-order valence-corrected chi connectivity index (χ1v) is 10.3. The molecule has 2 rings (SSSR count). The van der Waals surface area contributed by atoms with Crippen molar-refractivity contribution in [3.8, 4) is 5.75 Å². The quantitative estimate of drug-likeness (QED) is 0.443. The first-order chi connectivity index (χ1) is 13.9. The van der Waals surface area contributed by atoms with Crippen molar-refractivity contribution in [1.82, 2.24) is 0 Å². The summed E-state index contributed by atoms with van der Waals surface area (Å²) >= 11 is 1.44. The number of esters is 2. The lowest BCUT2D eigenvalue weighted by molar-refractivity contribution is -0.139. The highest BCUT2D eigenvalue weighted by Crippen LogP contribution is 2.41. The number of nitrogens with zero attached hydrogens (tertiary/aromatic N) is 1. The number of alkyl halides is 3. The van der Waals surface area contributed by atoms with Crippen molar-refractivity contribution < 1.29 is 45.8 Å². The summed E-state index contributed by atoms with van der Waals surface area (Å²) in [5.41, 5.74) is -6.96. The van der Waals surface area contributed by atoms with Crippen molar-refractivity contribution in [2.45, 2.75) is 10.4 Å². The molecule has 0 spiro atoms. The van der Waals surface area contributed by atoms with Crippen LogP contribution in [0.2, 0.25) is 0 Å². The predicted molar refractivity (Wildman–Crippen MR) is 106 cm³/mol. The highest BCUT2D eigenvalue weighted by Gasteiger charge is 2.47. The Bertz CT molecular complexity index is 1090. The van der Waals surface area contributed by atoms with Gasteiger partial charge in [0.25, 0.3) is 9.84 Å². The molecule has 162 valence electrons. The number of phenolic OH excluding ortho intramolecular Hbond substituents is 1. The molecule has 0 aliphatic carbocycles. The van der Waals surface area contributed by atoms with Crippen molar-refractivity contribution in [1.29, 1.82) is 0 Å². The van der Waals surface area contributed by atoms with Gasteiger partial charge in [0, 0.05) is 6.20 Å². The number of halogens is 4. The minimum atomic E-state index is -5.77. The fourth-order valence-corrected chi connectivity index (χ4v) is 4.01. The molecule has 13 heteroatoms. The van der Waals surface area contributed by atoms with Gasteiger partial charge >= 0.3 is 17.4 Å². The molecule has 0 bridgehead atoms. The maximum atomic E-state index is 13.0. The van der Waals surface area contributed by atoms with Gasteiger partial charge in [-0.3, -0.25) is 0 Å². The van der Waals surface area contributed by atoms with Crippen LogP contribution in [0.1, 0.15) is 0 Å². The summed E-state index contributed by atoms with van der Waals surface area (Å²) in [5.74, 6) is -2.70. The van der Waals surface area contributed by atoms with E-state index in [0.717, 1.165) is 25.3 Å². The molecule has 30 heavy (non-hydrogen) atoms. The summed E-state index contributed by atoms with van der Waals surface area (Å²) in [6, 6.07) is 1.17. The van der Waals surface area contributed by atoms with Crippen LogP contribution in [0.15, 0.2) is 52.7 Å². The summed E-state index contributed by atoms with van der Waals surface area (Å²) in [7, 11) is -3.74. The average Bonchev–Trinajstić information content (AvgIpc) is 2.90. The van der Waals surface area contributed by atoms with E-state index in [1.807, 2.05) is 0 Å². The average molecular weight is 559 g/mol. The van der Waals surface area contributed by atoms with Gasteiger partial charge in [-0.05, 0) is 46.9 Å². The van der Waals surface area contributed by atoms with Crippen molar-refractivity contribution in [2.24, 2.45) is 0 Å². The van der Waals surface area contributed by atoms with E-state index in [1.165, 1.54) is 40.8 Å². The predicted octanol–water partition coefficient (Wildman–Crippen LogP) is 2.78. The maximum absolute atomic E-state index is 13.0. The molecule has 0 saturated heterocycles. The van der Waals surface area contributed by atoms with Crippen LogP contribution in [0, 0.1) is 3.57 Å². The second-order valence-electron chi connectivity index (χ2n) is 5.54. The van der Waals surface area contributed by atoms with Crippen LogP contribution in [0.5, 0.6) is 5.75 Å². The van der Waals surface area contributed by atoms with Crippen LogP contribution in [0.25, 0.3) is 0 Å². The van der Waals surface area contributed by atoms with Gasteiger partial charge in [-0.1, -0.05) is 6.08 Å². The molecule has 8 nitrogen and oxygen atoms in total. The molecule has 1 heterocycles. The van der Waals surface area contributed by atoms with Gasteiger partial charge in [0.05, 0.1) is 33.9 Å². The molecular weight excluding hydrogens is 546 g/mol. The molecule has 0 saturated carbocycles. The molecule has 0 atom stereocenters. The molecular formula is C17H13F3INO7S. The minimum Gasteiger partial charge on any atom is -0.505 e. The van der Waals surface area contributed by atoms with Crippen molar-refractivity contribution in [2.75, 3.05) is 19.1 Å². The number of carbonyl (C=O) groups excluding carboxylic acids is 2. The molecule has 0 aromatic heterocycles. The number of hydrogen-bond acceptors (Lipinski definition) is 8. The van der Waals surface area contributed by atoms with Crippen LogP contribution < -0.4 is 4.90 Å². The Morgan fingerprint density at radius 2 is 1.70 bits per heavy atom. The van der Waals surface area contributed by atoms with E-state index < -0.39 is 49.3 Å². The fourth-order valence-electron chi connectivity index (χ4n) is 2.38. The summed E-state index contributed by atoms with van der Waals surface area (Å²) in [5, 5.41) is 10.4. The third-order valence-electron chi connectivity index (χ3n) is 3.78. The van der Waals surface area contributed by atoms with Gasteiger partial charge in [-0.15, -0.1) is 0 Å². The van der Waals surface area contributed by atoms with Gasteiger partial charge < -0.3 is 19.5 Å². The van der Waals surface area contributed by atoms with E-state index in [0.29, 0.717) is 12.1 Å². The lowest BCUT2D eigenvalue weighted by Crippen LogP contribution is -2.28. The number of anilines is 1. The van der Waals surface area contributed by atoms with Crippen LogP contribution >= 0.6 is 22.6 Å². The number of aromatic hydroxyl groups is 1. The van der Waals surface area contributed by atoms with E-state index >= 15 is 0 Å². The fraction of sp³-hybridized carbons (Fsp3) is 0.176. The van der Waals surface area contributed by atoms with Crippen LogP contribution in [-0.2, 0) is 28.9 Å². The summed E-state index contributed by atoms with van der Waals surface area (Å²) in [6.07, 6.45) is 4.95. The molecule has 1 N–H and O–H groups in total. The number of sulfone groups is 1. The Labute approximate surface area is 182 Å². The smallest absolute Gasteiger partial charge is 0.501 e. The first kappa shape index (κ1) is 23.7. The SMILES string of the molecule is COC(=O)C1=C(C(=O)OC)N(c2cc(S(=O)(=O)C(F)(F)F)cc(I)c2O)C=CC=C1. The van der Waals surface area contributed by atoms with E-state index in [2.05, 4.69) is 9.47 Å². The molecule has 0 fully saturated rings. The third kappa shape index (κ3) is 4.30. The van der Waals surface area contributed by atoms with Gasteiger partial charge in [0.2, 0.25) is 0 Å². The number of ether oxygens (including phenoxy) is 2. The Morgan fingerprint density at radius 1 is 1.10 bits per heavy atom. The van der Waals surface area contributed by atoms with Crippen molar-refractivity contribution in [3.63, 3.8) is 0 Å². The monoisotopic (exact) mass is 559 g/mol.